The van der Waals surface area contributed by atoms with Gasteiger partial charge < -0.3 is 9.47 Å². The predicted molar refractivity (Wildman–Crippen MR) is 110 cm³/mol. The smallest absolute Gasteiger partial charge is 0.151 e. The van der Waals surface area contributed by atoms with Gasteiger partial charge in [-0.1, -0.05) is 42.5 Å². The first kappa shape index (κ1) is 19.5. The Bertz CT molecular complexity index is 1020. The van der Waals surface area contributed by atoms with Crippen molar-refractivity contribution >= 4 is 25.8 Å². The Morgan fingerprint density at radius 1 is 0.852 bits per heavy atom. The molecule has 27 heavy (non-hydrogen) atoms. The van der Waals surface area contributed by atoms with Crippen molar-refractivity contribution in [3.05, 3.63) is 88.4 Å². The summed E-state index contributed by atoms with van der Waals surface area (Å²) in [5.74, 6) is 1.94. The molecule has 0 aromatic heterocycles. The van der Waals surface area contributed by atoms with Gasteiger partial charge in [0.2, 0.25) is 0 Å². The van der Waals surface area contributed by atoms with Gasteiger partial charge in [-0.05, 0) is 51.3 Å². The van der Waals surface area contributed by atoms with E-state index >= 15 is 0 Å². The molecule has 0 saturated heterocycles. The number of ether oxygens (including phenoxy) is 2. The molecular formula is C21H19BrO4S. The van der Waals surface area contributed by atoms with Crippen LogP contribution < -0.4 is 9.47 Å². The number of sulfone groups is 1. The SMILES string of the molecule is CS(=O)(=O)Cc1ccc(Oc2cccc(OCc3ccccc3)c2)c(Br)c1. The van der Waals surface area contributed by atoms with Crippen LogP contribution in [0.3, 0.4) is 0 Å². The third kappa shape index (κ3) is 6.12. The third-order valence-corrected chi connectivity index (χ3v) is 5.18. The zero-order valence-electron chi connectivity index (χ0n) is 14.8. The van der Waals surface area contributed by atoms with E-state index in [2.05, 4.69) is 15.9 Å². The maximum Gasteiger partial charge on any atom is 0.151 e. The molecule has 0 unspecified atom stereocenters. The van der Waals surface area contributed by atoms with Gasteiger partial charge in [0.05, 0.1) is 10.2 Å². The van der Waals surface area contributed by atoms with Crippen molar-refractivity contribution in [3.63, 3.8) is 0 Å². The second-order valence-corrected chi connectivity index (χ2v) is 9.18. The average molecular weight is 447 g/mol. The van der Waals surface area contributed by atoms with Gasteiger partial charge in [-0.25, -0.2) is 8.42 Å². The van der Waals surface area contributed by atoms with Crippen LogP contribution in [0.4, 0.5) is 0 Å². The summed E-state index contributed by atoms with van der Waals surface area (Å²) < 4.78 is 35.3. The molecule has 6 heteroatoms. The molecule has 0 spiro atoms. The minimum absolute atomic E-state index is 0.00527. The van der Waals surface area contributed by atoms with Crippen LogP contribution in [0.2, 0.25) is 0 Å². The summed E-state index contributed by atoms with van der Waals surface area (Å²) in [6.45, 7) is 0.480. The predicted octanol–water partition coefficient (Wildman–Crippen LogP) is 5.37. The number of rotatable bonds is 7. The second kappa shape index (κ2) is 8.59. The minimum atomic E-state index is -3.08. The molecule has 3 rings (SSSR count). The van der Waals surface area contributed by atoms with E-state index in [0.717, 1.165) is 5.56 Å². The van der Waals surface area contributed by atoms with E-state index in [-0.39, 0.29) is 5.75 Å². The molecule has 4 nitrogen and oxygen atoms in total. The fraction of sp³-hybridized carbons (Fsp3) is 0.143. The van der Waals surface area contributed by atoms with E-state index in [0.29, 0.717) is 33.9 Å². The molecular weight excluding hydrogens is 428 g/mol. The summed E-state index contributed by atoms with van der Waals surface area (Å²) in [6.07, 6.45) is 1.21. The fourth-order valence-corrected chi connectivity index (χ4v) is 3.81. The van der Waals surface area contributed by atoms with Crippen molar-refractivity contribution in [2.75, 3.05) is 6.26 Å². The van der Waals surface area contributed by atoms with Gasteiger partial charge in [-0.3, -0.25) is 0 Å². The maximum atomic E-state index is 11.4. The Hall–Kier alpha value is -2.31. The summed E-state index contributed by atoms with van der Waals surface area (Å²) in [6, 6.07) is 22.6. The van der Waals surface area contributed by atoms with E-state index in [1.165, 1.54) is 6.26 Å². The van der Waals surface area contributed by atoms with Crippen molar-refractivity contribution < 1.29 is 17.9 Å². The highest BCUT2D eigenvalue weighted by molar-refractivity contribution is 9.10. The van der Waals surface area contributed by atoms with Crippen LogP contribution in [0.1, 0.15) is 11.1 Å². The molecule has 0 aliphatic heterocycles. The molecule has 140 valence electrons. The Morgan fingerprint density at radius 2 is 1.59 bits per heavy atom. The molecule has 0 heterocycles. The summed E-state index contributed by atoms with van der Waals surface area (Å²) in [5.41, 5.74) is 1.80. The monoisotopic (exact) mass is 446 g/mol. The molecule has 3 aromatic carbocycles. The lowest BCUT2D eigenvalue weighted by Crippen LogP contribution is -2.00. The van der Waals surface area contributed by atoms with Gasteiger partial charge in [-0.2, -0.15) is 0 Å². The van der Waals surface area contributed by atoms with Crippen molar-refractivity contribution in [2.24, 2.45) is 0 Å². The van der Waals surface area contributed by atoms with Gasteiger partial charge in [-0.15, -0.1) is 0 Å². The van der Waals surface area contributed by atoms with E-state index < -0.39 is 9.84 Å². The van der Waals surface area contributed by atoms with Crippen LogP contribution in [0.15, 0.2) is 77.3 Å². The molecule has 0 amide bonds. The summed E-state index contributed by atoms with van der Waals surface area (Å²) in [4.78, 5) is 0. The molecule has 0 aliphatic carbocycles. The highest BCUT2D eigenvalue weighted by Gasteiger charge is 2.09. The lowest BCUT2D eigenvalue weighted by molar-refractivity contribution is 0.304. The van der Waals surface area contributed by atoms with Crippen LogP contribution in [0.25, 0.3) is 0 Å². The molecule has 0 aliphatic rings. The first-order chi connectivity index (χ1) is 12.9. The maximum absolute atomic E-state index is 11.4. The first-order valence-corrected chi connectivity index (χ1v) is 11.2. The zero-order chi connectivity index (χ0) is 19.3. The van der Waals surface area contributed by atoms with Crippen LogP contribution in [0.5, 0.6) is 17.2 Å². The Kier molecular flexibility index (Phi) is 6.19. The van der Waals surface area contributed by atoms with E-state index in [9.17, 15) is 8.42 Å². The average Bonchev–Trinajstić information content (AvgIpc) is 2.62. The zero-order valence-corrected chi connectivity index (χ0v) is 17.2. The van der Waals surface area contributed by atoms with Crippen molar-refractivity contribution in [3.8, 4) is 17.2 Å². The van der Waals surface area contributed by atoms with Crippen LogP contribution >= 0.6 is 15.9 Å². The Morgan fingerprint density at radius 3 is 2.30 bits per heavy atom. The summed E-state index contributed by atoms with van der Waals surface area (Å²) in [5, 5.41) is 0. The number of benzene rings is 3. The van der Waals surface area contributed by atoms with Crippen molar-refractivity contribution in [2.45, 2.75) is 12.4 Å². The summed E-state index contributed by atoms with van der Waals surface area (Å²) in [7, 11) is -3.08. The van der Waals surface area contributed by atoms with Crippen molar-refractivity contribution in [1.82, 2.24) is 0 Å². The summed E-state index contributed by atoms with van der Waals surface area (Å²) >= 11 is 3.44. The molecule has 0 radical (unpaired) electrons. The molecule has 0 saturated carbocycles. The standard InChI is InChI=1S/C21H19BrO4S/c1-27(23,24)15-17-10-11-21(20(22)12-17)26-19-9-5-8-18(13-19)25-14-16-6-3-2-4-7-16/h2-13H,14-15H2,1H3. The Balaban J connectivity index is 1.69. The quantitative estimate of drug-likeness (QED) is 0.489. The highest BCUT2D eigenvalue weighted by Crippen LogP contribution is 2.32. The fourth-order valence-electron chi connectivity index (χ4n) is 2.52. The molecule has 0 atom stereocenters. The van der Waals surface area contributed by atoms with Gasteiger partial charge in [0, 0.05) is 12.3 Å². The third-order valence-electron chi connectivity index (χ3n) is 3.71. The molecule has 0 bridgehead atoms. The lowest BCUT2D eigenvalue weighted by Gasteiger charge is -2.11. The Labute approximate surface area is 167 Å². The second-order valence-electron chi connectivity index (χ2n) is 6.19. The van der Waals surface area contributed by atoms with Crippen molar-refractivity contribution in [1.29, 1.82) is 0 Å². The van der Waals surface area contributed by atoms with Gasteiger partial charge in [0.1, 0.15) is 23.9 Å². The first-order valence-electron chi connectivity index (χ1n) is 8.30. The van der Waals surface area contributed by atoms with Crippen LogP contribution in [0, 0.1) is 0 Å². The number of hydrogen-bond donors (Lipinski definition) is 0. The van der Waals surface area contributed by atoms with Crippen LogP contribution in [-0.2, 0) is 22.2 Å². The molecule has 0 fully saturated rings. The normalized spacial score (nSPS) is 11.2. The molecule has 0 N–H and O–H groups in total. The van der Waals surface area contributed by atoms with E-state index in [1.807, 2.05) is 54.6 Å². The lowest BCUT2D eigenvalue weighted by atomic mass is 10.2. The van der Waals surface area contributed by atoms with Gasteiger partial charge in [0.15, 0.2) is 9.84 Å². The van der Waals surface area contributed by atoms with E-state index in [1.54, 1.807) is 18.2 Å². The number of halogens is 1. The highest BCUT2D eigenvalue weighted by atomic mass is 79.9. The number of hydrogen-bond acceptors (Lipinski definition) is 4. The molecule has 3 aromatic rings. The van der Waals surface area contributed by atoms with Gasteiger partial charge >= 0.3 is 0 Å². The largest absolute Gasteiger partial charge is 0.489 e. The topological polar surface area (TPSA) is 52.6 Å². The van der Waals surface area contributed by atoms with Gasteiger partial charge in [0.25, 0.3) is 0 Å². The minimum Gasteiger partial charge on any atom is -0.489 e. The van der Waals surface area contributed by atoms with Crippen LogP contribution in [-0.4, -0.2) is 14.7 Å². The van der Waals surface area contributed by atoms with E-state index in [4.69, 9.17) is 9.47 Å².